The average molecular weight is 354 g/mol. The zero-order valence-electron chi connectivity index (χ0n) is 15.4. The molecule has 0 aliphatic carbocycles. The van der Waals surface area contributed by atoms with Gasteiger partial charge < -0.3 is 20.5 Å². The van der Waals surface area contributed by atoms with Gasteiger partial charge in [-0.2, -0.15) is 0 Å². The summed E-state index contributed by atoms with van der Waals surface area (Å²) in [4.78, 5) is 8.71. The van der Waals surface area contributed by atoms with E-state index in [4.69, 9.17) is 15.2 Å². The van der Waals surface area contributed by atoms with E-state index in [0.717, 1.165) is 37.3 Å². The zero-order valence-corrected chi connectivity index (χ0v) is 15.4. The van der Waals surface area contributed by atoms with E-state index < -0.39 is 0 Å². The average Bonchev–Trinajstić information content (AvgIpc) is 2.60. The molecule has 1 aliphatic rings. The topological polar surface area (TPSA) is 81.8 Å². The van der Waals surface area contributed by atoms with Gasteiger partial charge >= 0.3 is 0 Å². The number of hydrogen-bond acceptors (Lipinski definition) is 4. The van der Waals surface area contributed by atoms with Gasteiger partial charge in [-0.3, -0.25) is 0 Å². The number of nitrogens with two attached hydrogens (primary N) is 1. The van der Waals surface area contributed by atoms with Crippen LogP contribution in [0.3, 0.4) is 0 Å². The van der Waals surface area contributed by atoms with Crippen molar-refractivity contribution in [3.05, 3.63) is 53.2 Å². The van der Waals surface area contributed by atoms with Crippen LogP contribution in [0.15, 0.2) is 41.5 Å². The van der Waals surface area contributed by atoms with E-state index in [2.05, 4.69) is 35.2 Å². The molecule has 26 heavy (non-hydrogen) atoms. The second-order valence-electron chi connectivity index (χ2n) is 6.63. The minimum Gasteiger partial charge on any atom is -0.474 e. The first-order valence-electron chi connectivity index (χ1n) is 8.93. The lowest BCUT2D eigenvalue weighted by Crippen LogP contribution is -2.26. The molecular weight excluding hydrogens is 328 g/mol. The van der Waals surface area contributed by atoms with Crippen LogP contribution in [0.25, 0.3) is 0 Å². The molecule has 6 nitrogen and oxygen atoms in total. The first kappa shape index (κ1) is 18.2. The fourth-order valence-corrected chi connectivity index (χ4v) is 2.99. The number of ether oxygens (including phenoxy) is 2. The van der Waals surface area contributed by atoms with Gasteiger partial charge in [0.2, 0.25) is 5.88 Å². The number of guanidine groups is 1. The van der Waals surface area contributed by atoms with Crippen molar-refractivity contribution in [2.45, 2.75) is 39.3 Å². The summed E-state index contributed by atoms with van der Waals surface area (Å²) >= 11 is 0. The number of rotatable bonds is 5. The molecule has 0 radical (unpaired) electrons. The molecule has 1 fully saturated rings. The van der Waals surface area contributed by atoms with Gasteiger partial charge in [-0.05, 0) is 48.7 Å². The van der Waals surface area contributed by atoms with Crippen molar-refractivity contribution < 1.29 is 9.47 Å². The third-order valence-corrected chi connectivity index (χ3v) is 4.18. The number of benzene rings is 1. The van der Waals surface area contributed by atoms with Crippen molar-refractivity contribution in [1.29, 1.82) is 0 Å². The number of nitrogens with zero attached hydrogens (tertiary/aromatic N) is 2. The Morgan fingerprint density at radius 3 is 2.69 bits per heavy atom. The van der Waals surface area contributed by atoms with Gasteiger partial charge in [-0.15, -0.1) is 0 Å². The largest absolute Gasteiger partial charge is 0.474 e. The highest BCUT2D eigenvalue weighted by molar-refractivity contribution is 5.92. The first-order valence-corrected chi connectivity index (χ1v) is 8.93. The Morgan fingerprint density at radius 1 is 1.23 bits per heavy atom. The molecule has 0 atom stereocenters. The second-order valence-corrected chi connectivity index (χ2v) is 6.63. The molecule has 0 amide bonds. The molecule has 3 rings (SSSR count). The molecule has 1 saturated heterocycles. The van der Waals surface area contributed by atoms with Crippen molar-refractivity contribution in [2.24, 2.45) is 10.7 Å². The van der Waals surface area contributed by atoms with Crippen molar-refractivity contribution >= 4 is 11.6 Å². The van der Waals surface area contributed by atoms with Crippen molar-refractivity contribution in [1.82, 2.24) is 4.98 Å². The van der Waals surface area contributed by atoms with E-state index in [1.165, 1.54) is 11.1 Å². The van der Waals surface area contributed by atoms with Gasteiger partial charge in [0.1, 0.15) is 6.10 Å². The van der Waals surface area contributed by atoms with Crippen molar-refractivity contribution in [3.63, 3.8) is 0 Å². The fourth-order valence-electron chi connectivity index (χ4n) is 2.99. The molecular formula is C20H26N4O2. The van der Waals surface area contributed by atoms with E-state index in [1.54, 1.807) is 6.20 Å². The second kappa shape index (κ2) is 8.67. The molecule has 0 spiro atoms. The van der Waals surface area contributed by atoms with Gasteiger partial charge in [-0.1, -0.05) is 6.07 Å². The molecule has 0 unspecified atom stereocenters. The van der Waals surface area contributed by atoms with Crippen molar-refractivity contribution in [3.8, 4) is 5.88 Å². The van der Waals surface area contributed by atoms with Crippen LogP contribution in [0.1, 0.15) is 29.5 Å². The lowest BCUT2D eigenvalue weighted by atomic mass is 10.1. The van der Waals surface area contributed by atoms with Crippen LogP contribution in [0.4, 0.5) is 5.69 Å². The molecule has 1 aliphatic heterocycles. The summed E-state index contributed by atoms with van der Waals surface area (Å²) in [7, 11) is 0. The number of hydrogen-bond donors (Lipinski definition) is 2. The van der Waals surface area contributed by atoms with Gasteiger partial charge in [0.05, 0.1) is 19.8 Å². The Kier molecular flexibility index (Phi) is 6.07. The molecule has 2 aromatic rings. The predicted octanol–water partition coefficient (Wildman–Crippen LogP) is 3.18. The van der Waals surface area contributed by atoms with Gasteiger partial charge in [0.25, 0.3) is 0 Å². The third-order valence-electron chi connectivity index (χ3n) is 4.18. The minimum atomic E-state index is 0.172. The van der Waals surface area contributed by atoms with Crippen LogP contribution in [-0.4, -0.2) is 30.3 Å². The van der Waals surface area contributed by atoms with Crippen molar-refractivity contribution in [2.75, 3.05) is 18.5 Å². The monoisotopic (exact) mass is 354 g/mol. The number of anilines is 1. The van der Waals surface area contributed by atoms with Crippen LogP contribution < -0.4 is 15.8 Å². The highest BCUT2D eigenvalue weighted by Crippen LogP contribution is 2.17. The fraction of sp³-hybridized carbons (Fsp3) is 0.400. The molecule has 0 bridgehead atoms. The number of aryl methyl sites for hydroxylation is 2. The van der Waals surface area contributed by atoms with Gasteiger partial charge in [0.15, 0.2) is 5.96 Å². The Bertz CT molecular complexity index is 750. The maximum Gasteiger partial charge on any atom is 0.213 e. The van der Waals surface area contributed by atoms with Crippen LogP contribution >= 0.6 is 0 Å². The highest BCUT2D eigenvalue weighted by atomic mass is 16.5. The molecule has 2 heterocycles. The first-order chi connectivity index (χ1) is 12.6. The third kappa shape index (κ3) is 5.46. The number of pyridine rings is 1. The lowest BCUT2D eigenvalue weighted by Gasteiger charge is -2.22. The molecule has 3 N–H and O–H groups in total. The van der Waals surface area contributed by atoms with E-state index in [-0.39, 0.29) is 6.10 Å². The molecule has 0 saturated carbocycles. The van der Waals surface area contributed by atoms with E-state index in [0.29, 0.717) is 18.4 Å². The summed E-state index contributed by atoms with van der Waals surface area (Å²) < 4.78 is 11.3. The number of nitrogens with one attached hydrogen (secondary N) is 1. The van der Waals surface area contributed by atoms with E-state index >= 15 is 0 Å². The van der Waals surface area contributed by atoms with Gasteiger partial charge in [0, 0.05) is 30.8 Å². The smallest absolute Gasteiger partial charge is 0.213 e. The summed E-state index contributed by atoms with van der Waals surface area (Å²) in [6, 6.07) is 10.0. The maximum atomic E-state index is 6.02. The molecule has 6 heteroatoms. The Balaban J connectivity index is 1.59. The van der Waals surface area contributed by atoms with Crippen LogP contribution in [-0.2, 0) is 11.3 Å². The maximum absolute atomic E-state index is 6.02. The SMILES string of the molecule is Cc1cc(C)cc(NC(N)=NCc2ccnc(OC3CCOCC3)c2)c1. The Labute approximate surface area is 154 Å². The summed E-state index contributed by atoms with van der Waals surface area (Å²) in [5, 5.41) is 3.14. The van der Waals surface area contributed by atoms with Gasteiger partial charge in [-0.25, -0.2) is 9.98 Å². The summed E-state index contributed by atoms with van der Waals surface area (Å²) in [5.74, 6) is 1.02. The number of aromatic nitrogens is 1. The summed E-state index contributed by atoms with van der Waals surface area (Å²) in [6.07, 6.45) is 3.71. The lowest BCUT2D eigenvalue weighted by molar-refractivity contribution is 0.0237. The predicted molar refractivity (Wildman–Crippen MR) is 104 cm³/mol. The van der Waals surface area contributed by atoms with Crippen LogP contribution in [0, 0.1) is 13.8 Å². The molecule has 138 valence electrons. The van der Waals surface area contributed by atoms with E-state index in [9.17, 15) is 0 Å². The van der Waals surface area contributed by atoms with Crippen LogP contribution in [0.5, 0.6) is 5.88 Å². The highest BCUT2D eigenvalue weighted by Gasteiger charge is 2.15. The summed E-state index contributed by atoms with van der Waals surface area (Å²) in [5.41, 5.74) is 10.3. The molecule has 1 aromatic heterocycles. The normalized spacial score (nSPS) is 15.7. The Hall–Kier alpha value is -2.60. The van der Waals surface area contributed by atoms with Crippen LogP contribution in [0.2, 0.25) is 0 Å². The van der Waals surface area contributed by atoms with E-state index in [1.807, 2.05) is 24.3 Å². The quantitative estimate of drug-likeness (QED) is 0.637. The Morgan fingerprint density at radius 2 is 1.96 bits per heavy atom. The zero-order chi connectivity index (χ0) is 18.4. The molecule has 1 aromatic carbocycles. The minimum absolute atomic E-state index is 0.172. The standard InChI is InChI=1S/C20H26N4O2/c1-14-9-15(2)11-17(10-14)24-20(21)23-13-16-3-6-22-19(12-16)26-18-4-7-25-8-5-18/h3,6,9-12,18H,4-5,7-8,13H2,1-2H3,(H3,21,23,24). The summed E-state index contributed by atoms with van der Waals surface area (Å²) in [6.45, 7) is 6.08. The number of aliphatic imine (C=N–C) groups is 1.